The van der Waals surface area contributed by atoms with Crippen LogP contribution in [0.5, 0.6) is 0 Å². The Hall–Kier alpha value is -2.53. The summed E-state index contributed by atoms with van der Waals surface area (Å²) in [5.41, 5.74) is 1.05. The first kappa shape index (κ1) is 27.5. The SMILES string of the molecule is CC[C@H]1O[C@@H](n2ccc3c(NC(=O)c4ccccc4)ncnc32)[C@H](O[Si](C)(C)C(C)(C)C)[C@@H]1O[P+](=O)O. The molecule has 1 aliphatic heterocycles. The van der Waals surface area contributed by atoms with E-state index in [0.717, 1.165) is 0 Å². The molecule has 3 heterocycles. The summed E-state index contributed by atoms with van der Waals surface area (Å²) < 4.78 is 32.2. The molecule has 12 heteroatoms. The maximum Gasteiger partial charge on any atom is 0.695 e. The van der Waals surface area contributed by atoms with Gasteiger partial charge in [0.25, 0.3) is 5.91 Å². The Morgan fingerprint density at radius 3 is 2.51 bits per heavy atom. The van der Waals surface area contributed by atoms with E-state index < -0.39 is 41.1 Å². The first-order valence-corrected chi connectivity index (χ1v) is 16.3. The summed E-state index contributed by atoms with van der Waals surface area (Å²) in [5, 5.41) is 3.39. The predicted molar refractivity (Wildman–Crippen MR) is 143 cm³/mol. The number of benzene rings is 1. The van der Waals surface area contributed by atoms with Crippen LogP contribution in [0.2, 0.25) is 18.1 Å². The fourth-order valence-corrected chi connectivity index (χ4v) is 5.93. The van der Waals surface area contributed by atoms with Crippen molar-refractivity contribution in [2.75, 3.05) is 5.32 Å². The molecule has 1 fully saturated rings. The Balaban J connectivity index is 1.72. The van der Waals surface area contributed by atoms with Crippen molar-refractivity contribution in [3.63, 3.8) is 0 Å². The molecule has 198 valence electrons. The number of fused-ring (bicyclic) bond motifs is 1. The number of nitrogens with one attached hydrogen (secondary N) is 1. The fraction of sp³-hybridized carbons (Fsp3) is 0.480. The van der Waals surface area contributed by atoms with E-state index in [1.807, 2.05) is 23.6 Å². The number of ether oxygens (including phenoxy) is 1. The van der Waals surface area contributed by atoms with Crippen LogP contribution in [0.3, 0.4) is 0 Å². The molecule has 10 nitrogen and oxygen atoms in total. The van der Waals surface area contributed by atoms with Gasteiger partial charge >= 0.3 is 8.25 Å². The van der Waals surface area contributed by atoms with Gasteiger partial charge in [-0.25, -0.2) is 9.97 Å². The van der Waals surface area contributed by atoms with Crippen molar-refractivity contribution >= 4 is 39.3 Å². The standard InChI is InChI=1S/C25H33N4O6PSi/c1-7-18-19(34-36(31)32)20(35-37(5,6)25(2,3)4)24(33-18)29-14-13-17-21(26-15-27-22(17)29)28-23(30)16-11-9-8-10-12-16/h8-15,18-20,24H,7H2,1-6H3,(H-,26,27,28,30,31,32)/p+1/t18-,19-,20-,24-/m1/s1. The van der Waals surface area contributed by atoms with Gasteiger partial charge in [-0.2, -0.15) is 0 Å². The van der Waals surface area contributed by atoms with Crippen LogP contribution in [0.1, 0.15) is 50.7 Å². The molecule has 0 bridgehead atoms. The van der Waals surface area contributed by atoms with E-state index >= 15 is 0 Å². The van der Waals surface area contributed by atoms with Crippen LogP contribution in [0.25, 0.3) is 11.0 Å². The average Bonchev–Trinajstić information content (AvgIpc) is 3.40. The number of nitrogens with zero attached hydrogens (tertiary/aromatic N) is 3. The van der Waals surface area contributed by atoms with Crippen LogP contribution < -0.4 is 5.32 Å². The molecule has 1 saturated heterocycles. The van der Waals surface area contributed by atoms with Crippen LogP contribution in [0, 0.1) is 0 Å². The van der Waals surface area contributed by atoms with Crippen molar-refractivity contribution in [1.29, 1.82) is 0 Å². The maximum absolute atomic E-state index is 12.8. The zero-order valence-electron chi connectivity index (χ0n) is 21.9. The predicted octanol–water partition coefficient (Wildman–Crippen LogP) is 5.42. The summed E-state index contributed by atoms with van der Waals surface area (Å²) in [7, 11) is -5.20. The molecular weight excluding hydrogens is 511 g/mol. The Bertz CT molecular complexity index is 1280. The fourth-order valence-electron chi connectivity index (χ4n) is 4.18. The minimum atomic E-state index is -2.87. The van der Waals surface area contributed by atoms with Crippen LogP contribution >= 0.6 is 8.25 Å². The number of carbonyl (C=O) groups is 1. The number of aromatic nitrogens is 3. The van der Waals surface area contributed by atoms with Crippen LogP contribution in [-0.4, -0.2) is 52.0 Å². The molecular formula is C25H34N4O6PSi+. The van der Waals surface area contributed by atoms with Crippen molar-refractivity contribution in [2.24, 2.45) is 0 Å². The third kappa shape index (κ3) is 5.67. The van der Waals surface area contributed by atoms with E-state index in [2.05, 4.69) is 49.1 Å². The van der Waals surface area contributed by atoms with Gasteiger partial charge in [0.15, 0.2) is 20.6 Å². The normalized spacial score (nSPS) is 22.8. The van der Waals surface area contributed by atoms with Crippen LogP contribution in [0.4, 0.5) is 5.82 Å². The number of hydrogen-bond donors (Lipinski definition) is 2. The summed E-state index contributed by atoms with van der Waals surface area (Å²) in [6, 6.07) is 10.7. The average molecular weight is 546 g/mol. The highest BCUT2D eigenvalue weighted by molar-refractivity contribution is 7.32. The lowest BCUT2D eigenvalue weighted by Crippen LogP contribution is -2.48. The molecule has 3 aromatic rings. The third-order valence-electron chi connectivity index (χ3n) is 7.19. The lowest BCUT2D eigenvalue weighted by Gasteiger charge is -2.40. The van der Waals surface area contributed by atoms with E-state index in [1.165, 1.54) is 6.33 Å². The van der Waals surface area contributed by atoms with Gasteiger partial charge in [-0.05, 0) is 42.8 Å². The molecule has 2 aromatic heterocycles. The molecule has 1 unspecified atom stereocenters. The minimum Gasteiger partial charge on any atom is -0.406 e. The van der Waals surface area contributed by atoms with Crippen molar-refractivity contribution in [3.05, 3.63) is 54.5 Å². The quantitative estimate of drug-likeness (QED) is 0.284. The van der Waals surface area contributed by atoms with Gasteiger partial charge in [0.1, 0.15) is 23.9 Å². The molecule has 4 rings (SSSR count). The van der Waals surface area contributed by atoms with Crippen LogP contribution in [0.15, 0.2) is 48.9 Å². The Morgan fingerprint density at radius 1 is 1.19 bits per heavy atom. The van der Waals surface area contributed by atoms with Gasteiger partial charge in [0.2, 0.25) is 0 Å². The van der Waals surface area contributed by atoms with E-state index in [-0.39, 0.29) is 10.9 Å². The molecule has 0 spiro atoms. The Morgan fingerprint density at radius 2 is 1.89 bits per heavy atom. The number of hydrogen-bond acceptors (Lipinski definition) is 7. The first-order valence-electron chi connectivity index (χ1n) is 12.3. The summed E-state index contributed by atoms with van der Waals surface area (Å²) in [5.74, 6) is 0.0894. The first-order chi connectivity index (χ1) is 17.4. The van der Waals surface area contributed by atoms with Crippen molar-refractivity contribution in [2.45, 2.75) is 76.8 Å². The summed E-state index contributed by atoms with van der Waals surface area (Å²) in [6.45, 7) is 12.6. The summed E-state index contributed by atoms with van der Waals surface area (Å²) in [6.07, 6.45) is 1.24. The smallest absolute Gasteiger partial charge is 0.406 e. The largest absolute Gasteiger partial charge is 0.695 e. The molecule has 37 heavy (non-hydrogen) atoms. The molecule has 0 radical (unpaired) electrons. The molecule has 1 aliphatic rings. The topological polar surface area (TPSA) is 125 Å². The second kappa shape index (κ2) is 10.7. The van der Waals surface area contributed by atoms with E-state index in [4.69, 9.17) is 13.7 Å². The lowest BCUT2D eigenvalue weighted by molar-refractivity contribution is -0.0321. The van der Waals surface area contributed by atoms with Gasteiger partial charge in [-0.1, -0.05) is 45.9 Å². The third-order valence-corrected chi connectivity index (χ3v) is 12.1. The van der Waals surface area contributed by atoms with Gasteiger partial charge in [-0.15, -0.1) is 9.42 Å². The van der Waals surface area contributed by atoms with Gasteiger partial charge in [0, 0.05) is 16.3 Å². The van der Waals surface area contributed by atoms with Crippen molar-refractivity contribution in [1.82, 2.24) is 14.5 Å². The summed E-state index contributed by atoms with van der Waals surface area (Å²) >= 11 is 0. The Kier molecular flexibility index (Phi) is 7.94. The number of rotatable bonds is 8. The van der Waals surface area contributed by atoms with E-state index in [9.17, 15) is 14.3 Å². The number of amides is 1. The van der Waals surface area contributed by atoms with Gasteiger partial charge in [0.05, 0.1) is 11.5 Å². The molecule has 1 aromatic carbocycles. The molecule has 0 aliphatic carbocycles. The second-order valence-corrected chi connectivity index (χ2v) is 16.1. The summed E-state index contributed by atoms with van der Waals surface area (Å²) in [4.78, 5) is 31.2. The second-order valence-electron chi connectivity index (χ2n) is 10.6. The highest BCUT2D eigenvalue weighted by atomic mass is 31.1. The maximum atomic E-state index is 12.8. The highest BCUT2D eigenvalue weighted by Gasteiger charge is 2.54. The molecule has 0 saturated carbocycles. The monoisotopic (exact) mass is 545 g/mol. The highest BCUT2D eigenvalue weighted by Crippen LogP contribution is 2.45. The molecule has 5 atom stereocenters. The zero-order valence-corrected chi connectivity index (χ0v) is 23.8. The Labute approximate surface area is 218 Å². The van der Waals surface area contributed by atoms with E-state index in [1.54, 1.807) is 30.5 Å². The minimum absolute atomic E-state index is 0.108. The zero-order chi connectivity index (χ0) is 27.0. The van der Waals surface area contributed by atoms with Crippen LogP contribution in [-0.2, 0) is 18.3 Å². The van der Waals surface area contributed by atoms with E-state index in [0.29, 0.717) is 28.8 Å². The van der Waals surface area contributed by atoms with Crippen molar-refractivity contribution < 1.29 is 27.9 Å². The number of anilines is 1. The lowest BCUT2D eigenvalue weighted by atomic mass is 10.1. The molecule has 2 N–H and O–H groups in total. The van der Waals surface area contributed by atoms with Gasteiger partial charge < -0.3 is 19.0 Å². The molecule has 1 amide bonds. The van der Waals surface area contributed by atoms with Crippen molar-refractivity contribution in [3.8, 4) is 0 Å². The van der Waals surface area contributed by atoms with Gasteiger partial charge in [-0.3, -0.25) is 4.79 Å². The number of carbonyl (C=O) groups excluding carboxylic acids is 1.